The average molecular weight is 295 g/mol. The molecule has 1 aromatic heterocycles. The van der Waals surface area contributed by atoms with Crippen LogP contribution in [0.4, 0.5) is 18.3 Å². The van der Waals surface area contributed by atoms with Crippen LogP contribution < -0.4 is 5.32 Å². The van der Waals surface area contributed by atoms with Crippen LogP contribution in [0.5, 0.6) is 0 Å². The largest absolute Gasteiger partial charge is 0.427 e. The first-order valence-corrected chi connectivity index (χ1v) is 6.87. The van der Waals surface area contributed by atoms with Crippen LogP contribution in [0.1, 0.15) is 11.8 Å². The average Bonchev–Trinajstić information content (AvgIpc) is 2.86. The van der Waals surface area contributed by atoms with E-state index in [1.54, 1.807) is 0 Å². The number of anilines is 1. The Kier molecular flexibility index (Phi) is 4.64. The van der Waals surface area contributed by atoms with E-state index in [0.29, 0.717) is 36.2 Å². The highest BCUT2D eigenvalue weighted by atomic mass is 32.1. The summed E-state index contributed by atoms with van der Waals surface area (Å²) in [5.74, 6) is 0. The maximum atomic E-state index is 12.4. The second-order valence-electron chi connectivity index (χ2n) is 4.41. The van der Waals surface area contributed by atoms with Gasteiger partial charge in [-0.1, -0.05) is 11.3 Å². The Labute approximate surface area is 113 Å². The fourth-order valence-corrected chi connectivity index (χ4v) is 2.56. The second kappa shape index (κ2) is 6.06. The molecule has 108 valence electrons. The van der Waals surface area contributed by atoms with Gasteiger partial charge in [0.1, 0.15) is 4.88 Å². The Bertz CT molecular complexity index is 404. The summed E-state index contributed by atoms with van der Waals surface area (Å²) >= 11 is 0.638. The summed E-state index contributed by atoms with van der Waals surface area (Å²) in [6.07, 6.45) is -3.44. The topological polar surface area (TPSA) is 37.4 Å². The summed E-state index contributed by atoms with van der Waals surface area (Å²) in [5, 5.41) is 3.27. The van der Waals surface area contributed by atoms with E-state index in [2.05, 4.69) is 15.2 Å². The van der Waals surface area contributed by atoms with Crippen LogP contribution in [-0.4, -0.2) is 48.8 Å². The molecular weight excluding hydrogens is 279 g/mol. The number of hydrogen-bond acceptors (Lipinski definition) is 5. The molecule has 4 nitrogen and oxygen atoms in total. The van der Waals surface area contributed by atoms with Gasteiger partial charge in [-0.05, 0) is 6.92 Å². The zero-order chi connectivity index (χ0) is 13.9. The van der Waals surface area contributed by atoms with Gasteiger partial charge < -0.3 is 10.1 Å². The van der Waals surface area contributed by atoms with Crippen molar-refractivity contribution in [3.8, 4) is 0 Å². The standard InChI is InChI=1S/C11H16F3N3OS/c1-8(17-2-4-18-5-3-17)6-15-10-16-7-9(19-10)11(12,13)14/h7-8H,2-6H2,1H3,(H,15,16). The fraction of sp³-hybridized carbons (Fsp3) is 0.727. The van der Waals surface area contributed by atoms with Gasteiger partial charge in [-0.15, -0.1) is 0 Å². The molecule has 1 atom stereocenters. The molecule has 0 bridgehead atoms. The minimum Gasteiger partial charge on any atom is -0.379 e. The zero-order valence-electron chi connectivity index (χ0n) is 10.5. The molecule has 1 fully saturated rings. The van der Waals surface area contributed by atoms with Crippen molar-refractivity contribution < 1.29 is 17.9 Å². The Morgan fingerprint density at radius 2 is 2.16 bits per heavy atom. The van der Waals surface area contributed by atoms with E-state index in [9.17, 15) is 13.2 Å². The number of ether oxygens (including phenoxy) is 1. The highest BCUT2D eigenvalue weighted by Crippen LogP contribution is 2.34. The summed E-state index contributed by atoms with van der Waals surface area (Å²) < 4.78 is 42.5. The lowest BCUT2D eigenvalue weighted by Gasteiger charge is -2.32. The van der Waals surface area contributed by atoms with Gasteiger partial charge in [0, 0.05) is 25.7 Å². The summed E-state index contributed by atoms with van der Waals surface area (Å²) in [7, 11) is 0. The number of hydrogen-bond donors (Lipinski definition) is 1. The van der Waals surface area contributed by atoms with Gasteiger partial charge in [-0.25, -0.2) is 4.98 Å². The lowest BCUT2D eigenvalue weighted by Crippen LogP contribution is -2.44. The Hall–Kier alpha value is -0.860. The predicted octanol–water partition coefficient (Wildman–Crippen LogP) is 2.29. The number of nitrogens with zero attached hydrogens (tertiary/aromatic N) is 2. The molecule has 1 N–H and O–H groups in total. The molecule has 1 aromatic rings. The van der Waals surface area contributed by atoms with E-state index in [1.807, 2.05) is 6.92 Å². The number of thiazole rings is 1. The molecule has 1 unspecified atom stereocenters. The highest BCUT2D eigenvalue weighted by Gasteiger charge is 2.33. The monoisotopic (exact) mass is 295 g/mol. The van der Waals surface area contributed by atoms with Crippen molar-refractivity contribution >= 4 is 16.5 Å². The Morgan fingerprint density at radius 1 is 1.47 bits per heavy atom. The summed E-state index contributed by atoms with van der Waals surface area (Å²) in [6, 6.07) is 0.238. The molecule has 1 aliphatic rings. The van der Waals surface area contributed by atoms with Gasteiger partial charge >= 0.3 is 6.18 Å². The highest BCUT2D eigenvalue weighted by molar-refractivity contribution is 7.15. The first-order valence-electron chi connectivity index (χ1n) is 6.05. The third-order valence-corrected chi connectivity index (χ3v) is 4.00. The van der Waals surface area contributed by atoms with Crippen LogP contribution in [-0.2, 0) is 10.9 Å². The lowest BCUT2D eigenvalue weighted by molar-refractivity contribution is -0.134. The van der Waals surface area contributed by atoms with E-state index in [-0.39, 0.29) is 6.04 Å². The molecule has 8 heteroatoms. The zero-order valence-corrected chi connectivity index (χ0v) is 11.4. The van der Waals surface area contributed by atoms with Crippen molar-refractivity contribution in [2.24, 2.45) is 0 Å². The van der Waals surface area contributed by atoms with Crippen molar-refractivity contribution in [1.82, 2.24) is 9.88 Å². The third kappa shape index (κ3) is 4.05. The molecule has 0 radical (unpaired) electrons. The molecule has 0 amide bonds. The van der Waals surface area contributed by atoms with E-state index < -0.39 is 11.1 Å². The minimum absolute atomic E-state index is 0.238. The van der Waals surface area contributed by atoms with Crippen molar-refractivity contribution in [3.63, 3.8) is 0 Å². The van der Waals surface area contributed by atoms with E-state index in [4.69, 9.17) is 4.74 Å². The molecule has 0 saturated carbocycles. The van der Waals surface area contributed by atoms with E-state index in [1.165, 1.54) is 0 Å². The maximum Gasteiger partial charge on any atom is 0.427 e. The summed E-state index contributed by atoms with van der Waals surface area (Å²) in [5.41, 5.74) is 0. The number of morpholine rings is 1. The van der Waals surface area contributed by atoms with Gasteiger partial charge in [0.05, 0.1) is 19.4 Å². The van der Waals surface area contributed by atoms with Gasteiger partial charge in [0.25, 0.3) is 0 Å². The molecule has 1 aliphatic heterocycles. The second-order valence-corrected chi connectivity index (χ2v) is 5.44. The van der Waals surface area contributed by atoms with Crippen molar-refractivity contribution in [2.75, 3.05) is 38.2 Å². The number of aromatic nitrogens is 1. The molecule has 2 rings (SSSR count). The Morgan fingerprint density at radius 3 is 2.74 bits per heavy atom. The number of halogens is 3. The number of rotatable bonds is 4. The quantitative estimate of drug-likeness (QED) is 0.925. The molecule has 0 spiro atoms. The molecular formula is C11H16F3N3OS. The maximum absolute atomic E-state index is 12.4. The van der Waals surface area contributed by atoms with Crippen LogP contribution >= 0.6 is 11.3 Å². The van der Waals surface area contributed by atoms with E-state index >= 15 is 0 Å². The molecule has 1 saturated heterocycles. The van der Waals surface area contributed by atoms with Crippen LogP contribution in [0, 0.1) is 0 Å². The Balaban J connectivity index is 1.83. The van der Waals surface area contributed by atoms with Crippen LogP contribution in [0.2, 0.25) is 0 Å². The van der Waals surface area contributed by atoms with Crippen molar-refractivity contribution in [3.05, 3.63) is 11.1 Å². The molecule has 0 aliphatic carbocycles. The first-order chi connectivity index (χ1) is 8.97. The van der Waals surface area contributed by atoms with Gasteiger partial charge in [0.15, 0.2) is 5.13 Å². The van der Waals surface area contributed by atoms with Crippen LogP contribution in [0.25, 0.3) is 0 Å². The normalized spacial score (nSPS) is 19.4. The molecule has 0 aromatic carbocycles. The fourth-order valence-electron chi connectivity index (χ4n) is 1.87. The van der Waals surface area contributed by atoms with Crippen molar-refractivity contribution in [1.29, 1.82) is 0 Å². The lowest BCUT2D eigenvalue weighted by atomic mass is 10.2. The van der Waals surface area contributed by atoms with Crippen molar-refractivity contribution in [2.45, 2.75) is 19.1 Å². The minimum atomic E-state index is -4.31. The number of alkyl halides is 3. The predicted molar refractivity (Wildman–Crippen MR) is 67.5 cm³/mol. The van der Waals surface area contributed by atoms with E-state index in [0.717, 1.165) is 19.3 Å². The number of nitrogens with one attached hydrogen (secondary N) is 1. The smallest absolute Gasteiger partial charge is 0.379 e. The SMILES string of the molecule is CC(CNc1ncc(C(F)(F)F)s1)N1CCOCC1. The summed E-state index contributed by atoms with van der Waals surface area (Å²) in [6.45, 7) is 5.74. The van der Waals surface area contributed by atoms with Gasteiger partial charge in [-0.2, -0.15) is 13.2 Å². The van der Waals surface area contributed by atoms with Crippen LogP contribution in [0.3, 0.4) is 0 Å². The molecule has 2 heterocycles. The van der Waals surface area contributed by atoms with Gasteiger partial charge in [-0.3, -0.25) is 4.90 Å². The third-order valence-electron chi connectivity index (χ3n) is 3.00. The van der Waals surface area contributed by atoms with Gasteiger partial charge in [0.2, 0.25) is 0 Å². The summed E-state index contributed by atoms with van der Waals surface area (Å²) in [4.78, 5) is 5.32. The van der Waals surface area contributed by atoms with Crippen LogP contribution in [0.15, 0.2) is 6.20 Å². The first kappa shape index (κ1) is 14.5. The molecule has 19 heavy (non-hydrogen) atoms.